The number of nitrogens with one attached hydrogen (secondary N) is 1. The summed E-state index contributed by atoms with van der Waals surface area (Å²) in [6.45, 7) is 13.0. The zero-order valence-electron chi connectivity index (χ0n) is 8.67. The van der Waals surface area contributed by atoms with Gasteiger partial charge >= 0.3 is 12.0 Å². The van der Waals surface area contributed by atoms with Crippen molar-refractivity contribution < 1.29 is 14.7 Å². The topological polar surface area (TPSA) is 92.4 Å². The lowest BCUT2D eigenvalue weighted by Crippen LogP contribution is -2.28. The fourth-order valence-corrected chi connectivity index (χ4v) is 0.174. The molecule has 5 heteroatoms. The molecule has 4 N–H and O–H groups in total. The van der Waals surface area contributed by atoms with Crippen LogP contribution >= 0.6 is 0 Å². The second kappa shape index (κ2) is 13.8. The SMILES string of the molecule is C=C.C=C(C)C(=O)O.CCNC(N)=O. The Morgan fingerprint density at radius 3 is 1.71 bits per heavy atom. The van der Waals surface area contributed by atoms with Gasteiger partial charge in [0, 0.05) is 12.1 Å². The van der Waals surface area contributed by atoms with E-state index in [1.807, 2.05) is 6.92 Å². The smallest absolute Gasteiger partial charge is 0.330 e. The molecule has 0 heterocycles. The number of carbonyl (C=O) groups is 2. The van der Waals surface area contributed by atoms with Crippen molar-refractivity contribution in [2.24, 2.45) is 5.73 Å². The lowest BCUT2D eigenvalue weighted by Gasteiger charge is -1.88. The van der Waals surface area contributed by atoms with Crippen LogP contribution in [0, 0.1) is 0 Å². The van der Waals surface area contributed by atoms with Crippen LogP contribution in [0.1, 0.15) is 13.8 Å². The highest BCUT2D eigenvalue weighted by molar-refractivity contribution is 5.84. The normalized spacial score (nSPS) is 6.71. The van der Waals surface area contributed by atoms with Gasteiger partial charge in [-0.15, -0.1) is 13.2 Å². The van der Waals surface area contributed by atoms with Gasteiger partial charge in [0.25, 0.3) is 0 Å². The number of rotatable bonds is 2. The third-order valence-electron chi connectivity index (χ3n) is 0.716. The monoisotopic (exact) mass is 202 g/mol. The maximum Gasteiger partial charge on any atom is 0.330 e. The molecule has 0 bridgehead atoms. The summed E-state index contributed by atoms with van der Waals surface area (Å²) in [5.74, 6) is -0.935. The van der Waals surface area contributed by atoms with E-state index in [2.05, 4.69) is 30.8 Å². The van der Waals surface area contributed by atoms with Crippen LogP contribution in [0.25, 0.3) is 0 Å². The molecule has 0 aliphatic carbocycles. The van der Waals surface area contributed by atoms with Gasteiger partial charge in [0.2, 0.25) is 0 Å². The first kappa shape index (κ1) is 18.1. The molecule has 0 aromatic rings. The van der Waals surface area contributed by atoms with Gasteiger partial charge in [-0.3, -0.25) is 0 Å². The van der Waals surface area contributed by atoms with E-state index in [0.717, 1.165) is 0 Å². The van der Waals surface area contributed by atoms with Gasteiger partial charge in [-0.2, -0.15) is 0 Å². The molecule has 0 aliphatic heterocycles. The number of carboxylic acids is 1. The molecular formula is C9H18N2O3. The van der Waals surface area contributed by atoms with E-state index < -0.39 is 12.0 Å². The first-order valence-corrected chi connectivity index (χ1v) is 3.83. The van der Waals surface area contributed by atoms with Crippen molar-refractivity contribution in [3.8, 4) is 0 Å². The van der Waals surface area contributed by atoms with Crippen molar-refractivity contribution >= 4 is 12.0 Å². The summed E-state index contributed by atoms with van der Waals surface area (Å²) in [6, 6.07) is -0.461. The minimum Gasteiger partial charge on any atom is -0.478 e. The molecule has 0 unspecified atom stereocenters. The molecule has 0 aromatic heterocycles. The summed E-state index contributed by atoms with van der Waals surface area (Å²) < 4.78 is 0. The summed E-state index contributed by atoms with van der Waals surface area (Å²) in [7, 11) is 0. The number of hydrogen-bond donors (Lipinski definition) is 3. The maximum atomic E-state index is 9.71. The Morgan fingerprint density at radius 2 is 1.71 bits per heavy atom. The number of aliphatic carboxylic acids is 1. The van der Waals surface area contributed by atoms with Crippen LogP contribution in [0.3, 0.4) is 0 Å². The Kier molecular flexibility index (Phi) is 17.8. The van der Waals surface area contributed by atoms with Gasteiger partial charge in [-0.1, -0.05) is 6.58 Å². The molecule has 0 saturated carbocycles. The highest BCUT2D eigenvalue weighted by Gasteiger charge is 1.90. The predicted octanol–water partition coefficient (Wildman–Crippen LogP) is 1.12. The van der Waals surface area contributed by atoms with E-state index in [-0.39, 0.29) is 5.57 Å². The predicted molar refractivity (Wildman–Crippen MR) is 57.0 cm³/mol. The van der Waals surface area contributed by atoms with Crippen molar-refractivity contribution in [2.45, 2.75) is 13.8 Å². The van der Waals surface area contributed by atoms with Gasteiger partial charge in [0.1, 0.15) is 0 Å². The molecule has 0 fully saturated rings. The Hall–Kier alpha value is -1.78. The molecular weight excluding hydrogens is 184 g/mol. The quantitative estimate of drug-likeness (QED) is 0.463. The largest absolute Gasteiger partial charge is 0.478 e. The van der Waals surface area contributed by atoms with Crippen molar-refractivity contribution in [3.63, 3.8) is 0 Å². The zero-order valence-corrected chi connectivity index (χ0v) is 8.67. The van der Waals surface area contributed by atoms with Gasteiger partial charge < -0.3 is 16.2 Å². The number of carbonyl (C=O) groups excluding carboxylic acids is 1. The van der Waals surface area contributed by atoms with Gasteiger partial charge in [0.05, 0.1) is 0 Å². The van der Waals surface area contributed by atoms with Crippen molar-refractivity contribution in [1.82, 2.24) is 5.32 Å². The Bertz CT molecular complexity index is 178. The molecule has 82 valence electrons. The van der Waals surface area contributed by atoms with E-state index in [4.69, 9.17) is 5.11 Å². The van der Waals surface area contributed by atoms with Crippen LogP contribution < -0.4 is 11.1 Å². The molecule has 0 rings (SSSR count). The average Bonchev–Trinajstić information content (AvgIpc) is 2.08. The number of nitrogens with two attached hydrogens (primary N) is 1. The number of hydrogen-bond acceptors (Lipinski definition) is 2. The molecule has 0 spiro atoms. The summed E-state index contributed by atoms with van der Waals surface area (Å²) in [6.07, 6.45) is 0. The summed E-state index contributed by atoms with van der Waals surface area (Å²) >= 11 is 0. The highest BCUT2D eigenvalue weighted by Crippen LogP contribution is 1.81. The van der Waals surface area contributed by atoms with Crippen LogP contribution in [0.15, 0.2) is 25.3 Å². The molecule has 14 heavy (non-hydrogen) atoms. The van der Waals surface area contributed by atoms with Crippen LogP contribution in [0.2, 0.25) is 0 Å². The molecule has 2 amide bonds. The van der Waals surface area contributed by atoms with Crippen molar-refractivity contribution in [1.29, 1.82) is 0 Å². The number of carboxylic acid groups (broad SMARTS) is 1. The van der Waals surface area contributed by atoms with Crippen LogP contribution in [-0.2, 0) is 4.79 Å². The maximum absolute atomic E-state index is 9.71. The zero-order chi connectivity index (χ0) is 12.1. The minimum absolute atomic E-state index is 0.176. The van der Waals surface area contributed by atoms with E-state index in [0.29, 0.717) is 6.54 Å². The van der Waals surface area contributed by atoms with Crippen molar-refractivity contribution in [3.05, 3.63) is 25.3 Å². The minimum atomic E-state index is -0.935. The van der Waals surface area contributed by atoms with E-state index in [1.165, 1.54) is 6.92 Å². The lowest BCUT2D eigenvalue weighted by atomic mass is 10.4. The van der Waals surface area contributed by atoms with Gasteiger partial charge in [0.15, 0.2) is 0 Å². The Balaban J connectivity index is -0.000000147. The number of amides is 2. The highest BCUT2D eigenvalue weighted by atomic mass is 16.4. The summed E-state index contributed by atoms with van der Waals surface area (Å²) in [5.41, 5.74) is 4.83. The van der Waals surface area contributed by atoms with Crippen LogP contribution in [0.5, 0.6) is 0 Å². The van der Waals surface area contributed by atoms with E-state index >= 15 is 0 Å². The van der Waals surface area contributed by atoms with Gasteiger partial charge in [-0.25, -0.2) is 9.59 Å². The molecule has 5 nitrogen and oxygen atoms in total. The molecule has 0 aliphatic rings. The van der Waals surface area contributed by atoms with Crippen LogP contribution in [-0.4, -0.2) is 23.7 Å². The molecule has 0 atom stereocenters. The third kappa shape index (κ3) is 31.9. The fourth-order valence-electron chi connectivity index (χ4n) is 0.174. The third-order valence-corrected chi connectivity index (χ3v) is 0.716. The first-order valence-electron chi connectivity index (χ1n) is 3.83. The standard InChI is InChI=1S/C4H6O2.C3H8N2O.C2H4/c1-3(2)4(5)6;1-2-5-3(4)6;1-2/h1H2,2H3,(H,5,6);2H2,1H3,(H3,4,5,6);1-2H2. The second-order valence-electron chi connectivity index (χ2n) is 1.98. The first-order chi connectivity index (χ1) is 6.41. The number of urea groups is 1. The average molecular weight is 202 g/mol. The Labute approximate surface area is 84.3 Å². The molecule has 0 radical (unpaired) electrons. The second-order valence-corrected chi connectivity index (χ2v) is 1.98. The molecule has 0 aromatic carbocycles. The van der Waals surface area contributed by atoms with E-state index in [1.54, 1.807) is 0 Å². The summed E-state index contributed by atoms with van der Waals surface area (Å²) in [5, 5.41) is 10.2. The van der Waals surface area contributed by atoms with Crippen LogP contribution in [0.4, 0.5) is 4.79 Å². The van der Waals surface area contributed by atoms with Gasteiger partial charge in [-0.05, 0) is 13.8 Å². The summed E-state index contributed by atoms with van der Waals surface area (Å²) in [4.78, 5) is 19.3. The number of primary amides is 1. The fraction of sp³-hybridized carbons (Fsp3) is 0.333. The Morgan fingerprint density at radius 1 is 1.43 bits per heavy atom. The lowest BCUT2D eigenvalue weighted by molar-refractivity contribution is -0.132. The van der Waals surface area contributed by atoms with E-state index in [9.17, 15) is 9.59 Å². The van der Waals surface area contributed by atoms with Crippen molar-refractivity contribution in [2.75, 3.05) is 6.54 Å². The molecule has 0 saturated heterocycles.